The van der Waals surface area contributed by atoms with Crippen LogP contribution in [0.4, 0.5) is 5.00 Å². The van der Waals surface area contributed by atoms with Gasteiger partial charge in [-0.25, -0.2) is 8.42 Å². The van der Waals surface area contributed by atoms with Crippen LogP contribution >= 0.6 is 35.3 Å². The lowest BCUT2D eigenvalue weighted by molar-refractivity contribution is -0.115. The van der Waals surface area contributed by atoms with Gasteiger partial charge in [0.25, 0.3) is 5.91 Å². The zero-order chi connectivity index (χ0) is 20.5. The van der Waals surface area contributed by atoms with Crippen molar-refractivity contribution in [3.8, 4) is 0 Å². The molecular weight excluding hydrogens is 457 g/mol. The van der Waals surface area contributed by atoms with Crippen LogP contribution in [-0.4, -0.2) is 44.5 Å². The van der Waals surface area contributed by atoms with E-state index < -0.39 is 21.7 Å². The maximum absolute atomic E-state index is 12.4. The molecular formula is C18H21Cl2N3O4S2. The number of likely N-dealkylation sites (N-methyl/N-ethyl adjacent to an activating group) is 1. The minimum atomic E-state index is -3.61. The molecule has 0 atom stereocenters. The van der Waals surface area contributed by atoms with E-state index in [2.05, 4.69) is 10.2 Å². The smallest absolute Gasteiger partial charge is 0.251 e. The number of carbonyl (C=O) groups is 2. The number of benzene rings is 1. The molecule has 0 fully saturated rings. The summed E-state index contributed by atoms with van der Waals surface area (Å²) in [5.74, 6) is -1.42. The van der Waals surface area contributed by atoms with Crippen molar-refractivity contribution >= 4 is 62.0 Å². The number of nitrogens with two attached hydrogens (primary N) is 1. The molecule has 0 unspecified atom stereocenters. The van der Waals surface area contributed by atoms with Crippen LogP contribution in [-0.2, 0) is 27.6 Å². The molecule has 0 spiro atoms. The van der Waals surface area contributed by atoms with Gasteiger partial charge in [0.05, 0.1) is 16.2 Å². The quantitative estimate of drug-likeness (QED) is 0.664. The number of primary amides is 1. The average molecular weight is 478 g/mol. The highest BCUT2D eigenvalue weighted by molar-refractivity contribution is 7.91. The summed E-state index contributed by atoms with van der Waals surface area (Å²) < 4.78 is 24.7. The summed E-state index contributed by atoms with van der Waals surface area (Å²) in [6.07, 6.45) is 0.451. The van der Waals surface area contributed by atoms with Gasteiger partial charge in [-0.2, -0.15) is 0 Å². The number of anilines is 1. The number of nitrogens with one attached hydrogen (secondary N) is 1. The van der Waals surface area contributed by atoms with E-state index in [1.165, 1.54) is 35.6 Å². The topological polar surface area (TPSA) is 110 Å². The van der Waals surface area contributed by atoms with Gasteiger partial charge in [0.1, 0.15) is 5.00 Å². The van der Waals surface area contributed by atoms with Crippen molar-refractivity contribution in [2.24, 2.45) is 5.73 Å². The van der Waals surface area contributed by atoms with Crippen LogP contribution in [0.2, 0.25) is 5.02 Å². The maximum atomic E-state index is 12.4. The molecule has 2 aromatic rings. The molecule has 3 N–H and O–H groups in total. The third kappa shape index (κ3) is 5.49. The number of rotatable bonds is 6. The number of hydrogen-bond acceptors (Lipinski definition) is 6. The first-order valence-corrected chi connectivity index (χ1v) is 11.4. The van der Waals surface area contributed by atoms with E-state index in [1.807, 2.05) is 7.05 Å². The number of amides is 2. The molecule has 0 aliphatic carbocycles. The fourth-order valence-electron chi connectivity index (χ4n) is 3.06. The van der Waals surface area contributed by atoms with Crippen LogP contribution < -0.4 is 11.1 Å². The van der Waals surface area contributed by atoms with Gasteiger partial charge in [-0.1, -0.05) is 11.6 Å². The van der Waals surface area contributed by atoms with Crippen LogP contribution in [0.5, 0.6) is 0 Å². The Morgan fingerprint density at radius 2 is 1.93 bits per heavy atom. The van der Waals surface area contributed by atoms with E-state index in [1.54, 1.807) is 0 Å². The van der Waals surface area contributed by atoms with Crippen molar-refractivity contribution in [1.29, 1.82) is 0 Å². The number of sulfone groups is 1. The average Bonchev–Trinajstić information content (AvgIpc) is 2.97. The molecule has 1 aliphatic rings. The van der Waals surface area contributed by atoms with Crippen molar-refractivity contribution in [3.63, 3.8) is 0 Å². The van der Waals surface area contributed by atoms with E-state index >= 15 is 0 Å². The predicted molar refractivity (Wildman–Crippen MR) is 117 cm³/mol. The Morgan fingerprint density at radius 1 is 1.28 bits per heavy atom. The summed E-state index contributed by atoms with van der Waals surface area (Å²) >= 11 is 7.09. The molecule has 11 heteroatoms. The summed E-state index contributed by atoms with van der Waals surface area (Å²) in [5, 5.41) is 3.50. The van der Waals surface area contributed by atoms with E-state index in [0.717, 1.165) is 17.0 Å². The number of carbonyl (C=O) groups excluding carboxylic acids is 2. The molecule has 1 aliphatic heterocycles. The second kappa shape index (κ2) is 9.44. The Balaban J connectivity index is 0.00000300. The molecule has 1 aromatic carbocycles. The summed E-state index contributed by atoms with van der Waals surface area (Å²) in [6, 6.07) is 5.79. The Bertz CT molecular complexity index is 1020. The normalized spacial score (nSPS) is 14.0. The lowest BCUT2D eigenvalue weighted by atomic mass is 10.0. The fraction of sp³-hybridized carbons (Fsp3) is 0.333. The lowest BCUT2D eigenvalue weighted by Gasteiger charge is -2.22. The molecule has 3 rings (SSSR count). The minimum absolute atomic E-state index is 0. The van der Waals surface area contributed by atoms with Crippen molar-refractivity contribution in [1.82, 2.24) is 4.90 Å². The first-order chi connectivity index (χ1) is 13.2. The Morgan fingerprint density at radius 3 is 2.55 bits per heavy atom. The largest absolute Gasteiger partial charge is 0.365 e. The predicted octanol–water partition coefficient (Wildman–Crippen LogP) is 2.71. The SMILES string of the molecule is CN1CCc2c(sc(NC(=O)CCS(=O)(=O)c3ccc(Cl)cc3)c2C(N)=O)C1.Cl. The zero-order valence-corrected chi connectivity index (χ0v) is 18.8. The van der Waals surface area contributed by atoms with Gasteiger partial charge >= 0.3 is 0 Å². The Labute approximate surface area is 184 Å². The molecule has 2 amide bonds. The fourth-order valence-corrected chi connectivity index (χ4v) is 5.77. The Kier molecular flexibility index (Phi) is 7.69. The van der Waals surface area contributed by atoms with Gasteiger partial charge in [0, 0.05) is 29.4 Å². The number of thiophene rings is 1. The number of fused-ring (bicyclic) bond motifs is 1. The molecule has 1 aromatic heterocycles. The summed E-state index contributed by atoms with van der Waals surface area (Å²) in [7, 11) is -1.64. The highest BCUT2D eigenvalue weighted by Gasteiger charge is 2.27. The lowest BCUT2D eigenvalue weighted by Crippen LogP contribution is -2.27. The van der Waals surface area contributed by atoms with E-state index in [-0.39, 0.29) is 29.5 Å². The highest BCUT2D eigenvalue weighted by Crippen LogP contribution is 2.36. The second-order valence-electron chi connectivity index (χ2n) is 6.63. The number of hydrogen-bond donors (Lipinski definition) is 2. The number of halogens is 2. The van der Waals surface area contributed by atoms with Gasteiger partial charge in [0.15, 0.2) is 9.84 Å². The van der Waals surface area contributed by atoms with E-state index in [4.69, 9.17) is 17.3 Å². The zero-order valence-electron chi connectivity index (χ0n) is 15.6. The third-order valence-corrected chi connectivity index (χ3v) is 7.63. The minimum Gasteiger partial charge on any atom is -0.365 e. The van der Waals surface area contributed by atoms with Crippen molar-refractivity contribution in [2.75, 3.05) is 24.7 Å². The molecule has 0 saturated carbocycles. The van der Waals surface area contributed by atoms with E-state index in [0.29, 0.717) is 28.6 Å². The van der Waals surface area contributed by atoms with Crippen molar-refractivity contribution in [2.45, 2.75) is 24.3 Å². The molecule has 29 heavy (non-hydrogen) atoms. The molecule has 2 heterocycles. The monoisotopic (exact) mass is 477 g/mol. The van der Waals surface area contributed by atoms with Crippen LogP contribution in [0.15, 0.2) is 29.2 Å². The standard InChI is InChI=1S/C18H20ClN3O4S2.ClH/c1-22-8-6-13-14(10-22)27-18(16(13)17(20)24)21-15(23)7-9-28(25,26)12-4-2-11(19)3-5-12;/h2-5H,6-10H2,1H3,(H2,20,24)(H,21,23);1H. The third-order valence-electron chi connectivity index (χ3n) is 4.52. The van der Waals surface area contributed by atoms with Crippen LogP contribution in [0.25, 0.3) is 0 Å². The first-order valence-electron chi connectivity index (χ1n) is 8.58. The maximum Gasteiger partial charge on any atom is 0.251 e. The van der Waals surface area contributed by atoms with E-state index in [9.17, 15) is 18.0 Å². The van der Waals surface area contributed by atoms with Gasteiger partial charge < -0.3 is 16.0 Å². The first kappa shape index (κ1) is 23.6. The summed E-state index contributed by atoms with van der Waals surface area (Å²) in [5.41, 5.74) is 6.73. The molecule has 158 valence electrons. The summed E-state index contributed by atoms with van der Waals surface area (Å²) in [4.78, 5) is 27.5. The molecule has 0 saturated heterocycles. The van der Waals surface area contributed by atoms with Gasteiger partial charge in [-0.3, -0.25) is 9.59 Å². The van der Waals surface area contributed by atoms with Crippen LogP contribution in [0, 0.1) is 0 Å². The van der Waals surface area contributed by atoms with Crippen LogP contribution in [0.1, 0.15) is 27.2 Å². The van der Waals surface area contributed by atoms with Crippen molar-refractivity contribution < 1.29 is 18.0 Å². The second-order valence-corrected chi connectivity index (χ2v) is 10.3. The van der Waals surface area contributed by atoms with Crippen LogP contribution in [0.3, 0.4) is 0 Å². The highest BCUT2D eigenvalue weighted by atomic mass is 35.5. The number of nitrogens with zero attached hydrogens (tertiary/aromatic N) is 1. The summed E-state index contributed by atoms with van der Waals surface area (Å²) in [6.45, 7) is 1.48. The molecule has 0 bridgehead atoms. The van der Waals surface area contributed by atoms with Crippen molar-refractivity contribution in [3.05, 3.63) is 45.3 Å². The molecule has 0 radical (unpaired) electrons. The van der Waals surface area contributed by atoms with Gasteiger partial charge in [-0.15, -0.1) is 23.7 Å². The Hall–Kier alpha value is -1.65. The molecule has 7 nitrogen and oxygen atoms in total. The van der Waals surface area contributed by atoms with Gasteiger partial charge in [0.2, 0.25) is 5.91 Å². The van der Waals surface area contributed by atoms with Gasteiger partial charge in [-0.05, 0) is 43.3 Å².